The van der Waals surface area contributed by atoms with Gasteiger partial charge in [-0.1, -0.05) is 24.3 Å². The Morgan fingerprint density at radius 1 is 1.00 bits per heavy atom. The van der Waals surface area contributed by atoms with Crippen LogP contribution in [0.5, 0.6) is 0 Å². The summed E-state index contributed by atoms with van der Waals surface area (Å²) in [6.45, 7) is 0. The van der Waals surface area contributed by atoms with Gasteiger partial charge in [0.15, 0.2) is 11.5 Å². The summed E-state index contributed by atoms with van der Waals surface area (Å²) >= 11 is 0. The second-order valence-corrected chi connectivity index (χ2v) is 3.69. The molecule has 0 amide bonds. The molecule has 0 aromatic heterocycles. The molecule has 1 aliphatic carbocycles. The molecule has 6 heteroatoms. The van der Waals surface area contributed by atoms with Gasteiger partial charge in [0.05, 0.1) is 0 Å². The molecular formula is C10H6O5S. The normalized spacial score (nSPS) is 14.7. The van der Waals surface area contributed by atoms with Crippen LogP contribution in [-0.4, -0.2) is 20.0 Å². The van der Waals surface area contributed by atoms with E-state index in [-0.39, 0.29) is 11.1 Å². The second kappa shape index (κ2) is 3.90. The Balaban J connectivity index is 2.51. The maximum atomic E-state index is 11.7. The van der Waals surface area contributed by atoms with E-state index in [9.17, 15) is 18.0 Å². The molecule has 0 radical (unpaired) electrons. The minimum Gasteiger partial charge on any atom is -0.380 e. The molecule has 16 heavy (non-hydrogen) atoms. The number of allylic oxidation sites excluding steroid dienone is 2. The van der Waals surface area contributed by atoms with Crippen molar-refractivity contribution < 1.29 is 22.2 Å². The SMILES string of the molecule is O=C1C=C(O[SH](=O)=O)C(=O)c2ccccc21. The van der Waals surface area contributed by atoms with E-state index in [1.165, 1.54) is 12.1 Å². The predicted molar refractivity (Wildman–Crippen MR) is 54.6 cm³/mol. The first kappa shape index (κ1) is 10.6. The van der Waals surface area contributed by atoms with Gasteiger partial charge in [0.1, 0.15) is 0 Å². The molecule has 0 unspecified atom stereocenters. The highest BCUT2D eigenvalue weighted by Gasteiger charge is 2.26. The van der Waals surface area contributed by atoms with Crippen molar-refractivity contribution in [2.75, 3.05) is 0 Å². The largest absolute Gasteiger partial charge is 0.380 e. The third-order valence-corrected chi connectivity index (χ3v) is 2.44. The molecule has 5 nitrogen and oxygen atoms in total. The molecule has 1 aliphatic rings. The average molecular weight is 238 g/mol. The van der Waals surface area contributed by atoms with E-state index in [4.69, 9.17) is 0 Å². The van der Waals surface area contributed by atoms with Crippen molar-refractivity contribution in [2.45, 2.75) is 0 Å². The molecule has 0 fully saturated rings. The lowest BCUT2D eigenvalue weighted by atomic mass is 9.94. The lowest BCUT2D eigenvalue weighted by molar-refractivity contribution is 0.0950. The van der Waals surface area contributed by atoms with Crippen LogP contribution in [0.3, 0.4) is 0 Å². The summed E-state index contributed by atoms with van der Waals surface area (Å²) in [6.07, 6.45) is 0.885. The summed E-state index contributed by atoms with van der Waals surface area (Å²) in [7, 11) is -3.20. The van der Waals surface area contributed by atoms with Gasteiger partial charge in [0.2, 0.25) is 5.78 Å². The monoisotopic (exact) mass is 238 g/mol. The van der Waals surface area contributed by atoms with Gasteiger partial charge in [0, 0.05) is 17.2 Å². The Labute approximate surface area is 92.5 Å². The number of carbonyl (C=O) groups is 2. The van der Waals surface area contributed by atoms with Gasteiger partial charge >= 0.3 is 0 Å². The summed E-state index contributed by atoms with van der Waals surface area (Å²) in [5, 5.41) is 0. The topological polar surface area (TPSA) is 77.5 Å². The fraction of sp³-hybridized carbons (Fsp3) is 0. The highest BCUT2D eigenvalue weighted by atomic mass is 32.2. The van der Waals surface area contributed by atoms with Crippen molar-refractivity contribution in [1.29, 1.82) is 0 Å². The molecule has 1 aromatic carbocycles. The summed E-state index contributed by atoms with van der Waals surface area (Å²) in [6, 6.07) is 6.16. The van der Waals surface area contributed by atoms with E-state index in [1.807, 2.05) is 0 Å². The predicted octanol–water partition coefficient (Wildman–Crippen LogP) is 0.493. The highest BCUT2D eigenvalue weighted by molar-refractivity contribution is 7.67. The lowest BCUT2D eigenvalue weighted by Gasteiger charge is -2.12. The number of rotatable bonds is 2. The molecule has 0 N–H and O–H groups in total. The van der Waals surface area contributed by atoms with E-state index in [1.54, 1.807) is 12.1 Å². The molecule has 0 spiro atoms. The molecule has 0 saturated heterocycles. The Morgan fingerprint density at radius 2 is 1.62 bits per heavy atom. The van der Waals surface area contributed by atoms with Crippen molar-refractivity contribution in [3.63, 3.8) is 0 Å². The maximum Gasteiger partial charge on any atom is 0.299 e. The number of hydrogen-bond acceptors (Lipinski definition) is 5. The van der Waals surface area contributed by atoms with Gasteiger partial charge in [-0.05, 0) is 0 Å². The van der Waals surface area contributed by atoms with Crippen LogP contribution in [0.1, 0.15) is 20.7 Å². The number of ketones is 2. The Bertz CT molecular complexity index is 575. The van der Waals surface area contributed by atoms with E-state index < -0.39 is 28.3 Å². The minimum absolute atomic E-state index is 0.154. The highest BCUT2D eigenvalue weighted by Crippen LogP contribution is 2.21. The van der Waals surface area contributed by atoms with Crippen molar-refractivity contribution in [1.82, 2.24) is 0 Å². The quantitative estimate of drug-likeness (QED) is 0.759. The first-order valence-electron chi connectivity index (χ1n) is 4.31. The van der Waals surface area contributed by atoms with Crippen molar-refractivity contribution in [2.24, 2.45) is 0 Å². The van der Waals surface area contributed by atoms with Crippen LogP contribution in [0.2, 0.25) is 0 Å². The zero-order valence-electron chi connectivity index (χ0n) is 7.88. The Morgan fingerprint density at radius 3 is 2.25 bits per heavy atom. The molecule has 0 atom stereocenters. The van der Waals surface area contributed by atoms with Crippen LogP contribution in [0.25, 0.3) is 0 Å². The van der Waals surface area contributed by atoms with Gasteiger partial charge in [-0.3, -0.25) is 9.59 Å². The Hall–Kier alpha value is -1.95. The standard InChI is InChI=1S/C10H6O5S/c11-8-5-9(15-16(13)14)10(12)7-4-2-1-3-6(7)8/h1-5,16H. The summed E-state index contributed by atoms with van der Waals surface area (Å²) in [5.74, 6) is -1.50. The van der Waals surface area contributed by atoms with Crippen LogP contribution >= 0.6 is 0 Å². The van der Waals surface area contributed by atoms with Crippen molar-refractivity contribution in [3.05, 3.63) is 47.2 Å². The Kier molecular flexibility index (Phi) is 2.57. The van der Waals surface area contributed by atoms with E-state index in [0.29, 0.717) is 0 Å². The molecule has 1 aromatic rings. The van der Waals surface area contributed by atoms with E-state index in [0.717, 1.165) is 6.08 Å². The lowest BCUT2D eigenvalue weighted by Crippen LogP contribution is -2.18. The van der Waals surface area contributed by atoms with Crippen LogP contribution < -0.4 is 0 Å². The number of fused-ring (bicyclic) bond motifs is 1. The molecule has 0 heterocycles. The molecule has 82 valence electrons. The minimum atomic E-state index is -3.20. The zero-order chi connectivity index (χ0) is 11.7. The van der Waals surface area contributed by atoms with Gasteiger partial charge in [-0.25, -0.2) is 0 Å². The molecule has 0 bridgehead atoms. The first-order chi connectivity index (χ1) is 7.59. The average Bonchev–Trinajstić information content (AvgIpc) is 2.25. The number of thiol groups is 1. The number of Topliss-reactive ketones (excluding diaryl/α,β-unsaturated/α-hetero) is 1. The first-order valence-corrected chi connectivity index (χ1v) is 5.41. The van der Waals surface area contributed by atoms with Gasteiger partial charge in [-0.2, -0.15) is 8.42 Å². The number of hydrogen-bond donors (Lipinski definition) is 1. The molecule has 2 rings (SSSR count). The number of carbonyl (C=O) groups excluding carboxylic acids is 2. The van der Waals surface area contributed by atoms with Crippen LogP contribution in [0, 0.1) is 0 Å². The van der Waals surface area contributed by atoms with Gasteiger partial charge < -0.3 is 4.18 Å². The second-order valence-electron chi connectivity index (χ2n) is 3.06. The van der Waals surface area contributed by atoms with Crippen LogP contribution in [0.15, 0.2) is 36.1 Å². The maximum absolute atomic E-state index is 11.7. The third kappa shape index (κ3) is 1.74. The summed E-state index contributed by atoms with van der Waals surface area (Å²) in [5.41, 5.74) is 0.405. The van der Waals surface area contributed by atoms with Crippen LogP contribution in [-0.2, 0) is 15.2 Å². The summed E-state index contributed by atoms with van der Waals surface area (Å²) < 4.78 is 25.0. The molecular weight excluding hydrogens is 232 g/mol. The van der Waals surface area contributed by atoms with Gasteiger partial charge in [0.25, 0.3) is 11.0 Å². The molecule has 0 saturated carbocycles. The fourth-order valence-electron chi connectivity index (χ4n) is 1.44. The smallest absolute Gasteiger partial charge is 0.299 e. The zero-order valence-corrected chi connectivity index (χ0v) is 8.77. The number of benzene rings is 1. The summed E-state index contributed by atoms with van der Waals surface area (Å²) in [4.78, 5) is 23.2. The van der Waals surface area contributed by atoms with Crippen LogP contribution in [0.4, 0.5) is 0 Å². The van der Waals surface area contributed by atoms with Crippen molar-refractivity contribution in [3.8, 4) is 0 Å². The van der Waals surface area contributed by atoms with Gasteiger partial charge in [-0.15, -0.1) is 0 Å². The molecule has 0 aliphatic heterocycles. The fourth-order valence-corrected chi connectivity index (χ4v) is 1.74. The van der Waals surface area contributed by atoms with Crippen molar-refractivity contribution >= 4 is 22.6 Å². The van der Waals surface area contributed by atoms with E-state index in [2.05, 4.69) is 4.18 Å². The van der Waals surface area contributed by atoms with E-state index >= 15 is 0 Å². The third-order valence-electron chi connectivity index (χ3n) is 2.10.